The maximum atomic E-state index is 15.2. The lowest BCUT2D eigenvalue weighted by molar-refractivity contribution is -0.0349. The topological polar surface area (TPSA) is 50.8 Å². The van der Waals surface area contributed by atoms with Crippen molar-refractivity contribution in [2.45, 2.75) is 52.2 Å². The van der Waals surface area contributed by atoms with E-state index in [0.717, 1.165) is 43.6 Å². The van der Waals surface area contributed by atoms with Gasteiger partial charge < -0.3 is 14.8 Å². The van der Waals surface area contributed by atoms with Gasteiger partial charge in [0, 0.05) is 12.1 Å². The van der Waals surface area contributed by atoms with E-state index in [-0.39, 0.29) is 23.3 Å². The molecule has 1 amide bonds. The fraction of sp³-hybridized carbons (Fsp3) is 0.519. The molecular weight excluding hydrogens is 438 g/mol. The van der Waals surface area contributed by atoms with Crippen molar-refractivity contribution in [3.63, 3.8) is 0 Å². The Kier molecular flexibility index (Phi) is 6.00. The van der Waals surface area contributed by atoms with Crippen molar-refractivity contribution < 1.29 is 23.0 Å². The van der Waals surface area contributed by atoms with Crippen LogP contribution in [0.15, 0.2) is 30.3 Å². The van der Waals surface area contributed by atoms with E-state index in [1.165, 1.54) is 18.2 Å². The predicted molar refractivity (Wildman–Crippen MR) is 126 cm³/mol. The Labute approximate surface area is 199 Å². The first kappa shape index (κ1) is 23.1. The third kappa shape index (κ3) is 4.26. The molecule has 2 atom stereocenters. The second-order valence-electron chi connectivity index (χ2n) is 10.4. The van der Waals surface area contributed by atoms with Gasteiger partial charge in [-0.1, -0.05) is 19.9 Å². The van der Waals surface area contributed by atoms with E-state index in [4.69, 9.17) is 9.47 Å². The van der Waals surface area contributed by atoms with E-state index in [1.807, 2.05) is 0 Å². The molecule has 2 aromatic carbocycles. The molecular formula is C27H32F2N2O3. The number of rotatable bonds is 5. The summed E-state index contributed by atoms with van der Waals surface area (Å²) in [6.45, 7) is 9.20. The molecule has 1 aliphatic carbocycles. The number of halogens is 2. The summed E-state index contributed by atoms with van der Waals surface area (Å²) in [6.07, 6.45) is 2.27. The highest BCUT2D eigenvalue weighted by Gasteiger charge is 2.42. The number of nitrogens with zero attached hydrogens (tertiary/aromatic N) is 1. The fourth-order valence-electron chi connectivity index (χ4n) is 5.84. The number of hydrogen-bond donors (Lipinski definition) is 1. The average Bonchev–Trinajstić information content (AvgIpc) is 3.04. The van der Waals surface area contributed by atoms with Crippen LogP contribution in [0.4, 0.5) is 13.6 Å². The summed E-state index contributed by atoms with van der Waals surface area (Å²) in [4.78, 5) is 15.2. The molecule has 7 heteroatoms. The molecule has 3 saturated heterocycles. The number of amides is 1. The summed E-state index contributed by atoms with van der Waals surface area (Å²) in [5.74, 6) is -0.388. The number of benzene rings is 2. The van der Waals surface area contributed by atoms with Gasteiger partial charge in [0.1, 0.15) is 11.9 Å². The van der Waals surface area contributed by atoms with Crippen molar-refractivity contribution in [2.24, 2.45) is 11.3 Å². The lowest BCUT2D eigenvalue weighted by atomic mass is 9.85. The maximum Gasteiger partial charge on any atom is 0.407 e. The van der Waals surface area contributed by atoms with E-state index in [2.05, 4.69) is 24.1 Å². The summed E-state index contributed by atoms with van der Waals surface area (Å²) in [5.41, 5.74) is 2.18. The molecule has 5 nitrogen and oxygen atoms in total. The second kappa shape index (κ2) is 8.84. The minimum atomic E-state index is -0.519. The van der Waals surface area contributed by atoms with Crippen LogP contribution in [0, 0.1) is 23.0 Å². The van der Waals surface area contributed by atoms with E-state index in [9.17, 15) is 9.18 Å². The first-order valence-electron chi connectivity index (χ1n) is 12.2. The molecule has 2 aromatic rings. The lowest BCUT2D eigenvalue weighted by Gasteiger charge is -2.44. The average molecular weight is 471 g/mol. The molecule has 0 spiro atoms. The number of nitrogens with one attached hydrogen (secondary N) is 1. The van der Waals surface area contributed by atoms with Gasteiger partial charge in [0.25, 0.3) is 0 Å². The molecule has 2 bridgehead atoms. The monoisotopic (exact) mass is 470 g/mol. The lowest BCUT2D eigenvalue weighted by Crippen LogP contribution is -2.53. The molecule has 1 N–H and O–H groups in total. The summed E-state index contributed by atoms with van der Waals surface area (Å²) >= 11 is 0. The van der Waals surface area contributed by atoms with Crippen LogP contribution in [-0.2, 0) is 11.2 Å². The van der Waals surface area contributed by atoms with Crippen LogP contribution in [-0.4, -0.2) is 43.3 Å². The van der Waals surface area contributed by atoms with Gasteiger partial charge in [0.05, 0.1) is 12.6 Å². The molecule has 0 saturated carbocycles. The summed E-state index contributed by atoms with van der Waals surface area (Å²) in [6, 6.07) is 7.39. The van der Waals surface area contributed by atoms with Gasteiger partial charge in [-0.15, -0.1) is 0 Å². The molecule has 34 heavy (non-hydrogen) atoms. The molecule has 3 fully saturated rings. The predicted octanol–water partition coefficient (Wildman–Crippen LogP) is 5.47. The van der Waals surface area contributed by atoms with E-state index in [1.54, 1.807) is 19.1 Å². The normalized spacial score (nSPS) is 26.7. The van der Waals surface area contributed by atoms with Crippen molar-refractivity contribution >= 4 is 6.09 Å². The molecule has 0 aromatic heterocycles. The van der Waals surface area contributed by atoms with Crippen LogP contribution in [0.3, 0.4) is 0 Å². The molecule has 3 heterocycles. The van der Waals surface area contributed by atoms with Crippen LogP contribution >= 0.6 is 0 Å². The molecule has 182 valence electrons. The van der Waals surface area contributed by atoms with Gasteiger partial charge in [-0.25, -0.2) is 13.6 Å². The van der Waals surface area contributed by atoms with Gasteiger partial charge in [-0.2, -0.15) is 0 Å². The molecule has 4 aliphatic rings. The van der Waals surface area contributed by atoms with Crippen molar-refractivity contribution in [3.05, 3.63) is 53.1 Å². The smallest absolute Gasteiger partial charge is 0.407 e. The molecule has 0 radical (unpaired) electrons. The number of piperidine rings is 3. The number of ether oxygens (including phenoxy) is 2. The Morgan fingerprint density at radius 3 is 2.56 bits per heavy atom. The minimum Gasteiger partial charge on any atom is -0.491 e. The van der Waals surface area contributed by atoms with Crippen LogP contribution in [0.5, 0.6) is 5.75 Å². The zero-order valence-electron chi connectivity index (χ0n) is 20.0. The highest BCUT2D eigenvalue weighted by atomic mass is 19.1. The fourth-order valence-corrected chi connectivity index (χ4v) is 5.84. The number of fused-ring (bicyclic) bond motifs is 4. The van der Waals surface area contributed by atoms with Crippen LogP contribution in [0.25, 0.3) is 11.1 Å². The van der Waals surface area contributed by atoms with Gasteiger partial charge in [-0.05, 0) is 91.6 Å². The zero-order valence-corrected chi connectivity index (χ0v) is 20.0. The minimum absolute atomic E-state index is 0.0832. The summed E-state index contributed by atoms with van der Waals surface area (Å²) in [7, 11) is 0. The third-order valence-corrected chi connectivity index (χ3v) is 7.63. The Bertz CT molecular complexity index is 1100. The van der Waals surface area contributed by atoms with Gasteiger partial charge in [0.15, 0.2) is 11.6 Å². The van der Waals surface area contributed by atoms with Gasteiger partial charge >= 0.3 is 6.09 Å². The van der Waals surface area contributed by atoms with E-state index >= 15 is 4.39 Å². The second-order valence-corrected chi connectivity index (χ2v) is 10.4. The SMILES string of the molecule is CCOc1ccc(-c2cc3c(cc2F)[C@H](NC(=O)O[C@@H]2CN4CCC2CC4)C(C)(C)C3)cc1F. The van der Waals surface area contributed by atoms with Crippen molar-refractivity contribution in [3.8, 4) is 16.9 Å². The Morgan fingerprint density at radius 2 is 1.91 bits per heavy atom. The zero-order chi connectivity index (χ0) is 24.0. The van der Waals surface area contributed by atoms with E-state index < -0.39 is 17.7 Å². The highest BCUT2D eigenvalue weighted by Crippen LogP contribution is 2.47. The van der Waals surface area contributed by atoms with Crippen molar-refractivity contribution in [1.82, 2.24) is 10.2 Å². The van der Waals surface area contributed by atoms with Crippen molar-refractivity contribution in [2.75, 3.05) is 26.2 Å². The first-order valence-corrected chi connectivity index (χ1v) is 12.2. The number of alkyl carbamates (subject to hydrolysis) is 1. The van der Waals surface area contributed by atoms with Crippen LogP contribution in [0.2, 0.25) is 0 Å². The molecule has 3 aliphatic heterocycles. The van der Waals surface area contributed by atoms with Crippen LogP contribution in [0.1, 0.15) is 50.8 Å². The standard InChI is InChI=1S/C27H32F2N2O3/c1-4-33-23-6-5-17(12-22(23)29)19-11-18-14-27(2,3)25(20(18)13-21(19)28)30-26(32)34-24-15-31-9-7-16(24)8-10-31/h5-6,11-13,16,24-25H,4,7-10,14-15H2,1-3H3,(H,30,32)/t24-,25+/m1/s1. The van der Waals surface area contributed by atoms with Gasteiger partial charge in [0.2, 0.25) is 0 Å². The number of carbonyl (C=O) groups is 1. The Hall–Kier alpha value is -2.67. The summed E-state index contributed by atoms with van der Waals surface area (Å²) < 4.78 is 40.7. The van der Waals surface area contributed by atoms with Crippen molar-refractivity contribution in [1.29, 1.82) is 0 Å². The molecule has 6 rings (SSSR count). The third-order valence-electron chi connectivity index (χ3n) is 7.63. The summed E-state index contributed by atoms with van der Waals surface area (Å²) in [5, 5.41) is 3.03. The Balaban J connectivity index is 1.36. The van der Waals surface area contributed by atoms with E-state index in [0.29, 0.717) is 30.1 Å². The van der Waals surface area contributed by atoms with Crippen LogP contribution < -0.4 is 10.1 Å². The first-order chi connectivity index (χ1) is 16.2. The van der Waals surface area contributed by atoms with Gasteiger partial charge in [-0.3, -0.25) is 4.90 Å². The Morgan fingerprint density at radius 1 is 1.15 bits per heavy atom. The number of carbonyl (C=O) groups excluding carboxylic acids is 1. The quantitative estimate of drug-likeness (QED) is 0.629. The highest BCUT2D eigenvalue weighted by molar-refractivity contribution is 5.71. The molecule has 0 unspecified atom stereocenters. The maximum absolute atomic E-state index is 15.2. The number of hydrogen-bond acceptors (Lipinski definition) is 4. The largest absolute Gasteiger partial charge is 0.491 e.